The summed E-state index contributed by atoms with van der Waals surface area (Å²) in [5, 5.41) is 3.90. The molecular weight excluding hydrogens is 273 g/mol. The molecule has 0 aliphatic heterocycles. The van der Waals surface area contributed by atoms with Gasteiger partial charge in [-0.2, -0.15) is 13.2 Å². The van der Waals surface area contributed by atoms with Crippen molar-refractivity contribution < 1.29 is 13.2 Å². The van der Waals surface area contributed by atoms with Crippen LogP contribution in [0.4, 0.5) is 13.2 Å². The van der Waals surface area contributed by atoms with Crippen molar-refractivity contribution in [1.82, 2.24) is 10.3 Å². The van der Waals surface area contributed by atoms with E-state index in [1.807, 2.05) is 6.92 Å². The summed E-state index contributed by atoms with van der Waals surface area (Å²) in [6.07, 6.45) is -4.14. The van der Waals surface area contributed by atoms with Crippen LogP contribution in [-0.2, 0) is 19.4 Å². The Bertz CT molecular complexity index is 386. The average molecular weight is 294 g/mol. The number of rotatable bonds is 7. The quantitative estimate of drug-likeness (QED) is 0.823. The molecule has 110 valence electrons. The van der Waals surface area contributed by atoms with Gasteiger partial charge in [0.2, 0.25) is 0 Å². The maximum absolute atomic E-state index is 12.2. The molecule has 0 aliphatic rings. The topological polar surface area (TPSA) is 24.9 Å². The zero-order valence-corrected chi connectivity index (χ0v) is 12.4. The Morgan fingerprint density at radius 3 is 2.53 bits per heavy atom. The number of nitrogens with zero attached hydrogens (tertiary/aromatic N) is 1. The van der Waals surface area contributed by atoms with Crippen molar-refractivity contribution >= 4 is 11.3 Å². The van der Waals surface area contributed by atoms with Crippen molar-refractivity contribution in [2.45, 2.75) is 52.8 Å². The molecule has 0 aliphatic carbocycles. The molecule has 0 radical (unpaired) electrons. The van der Waals surface area contributed by atoms with Gasteiger partial charge < -0.3 is 5.32 Å². The molecule has 1 aromatic rings. The Labute approximate surface area is 116 Å². The van der Waals surface area contributed by atoms with E-state index in [-0.39, 0.29) is 6.42 Å². The Hall–Kier alpha value is -0.620. The van der Waals surface area contributed by atoms with Gasteiger partial charge in [-0.3, -0.25) is 0 Å². The fourth-order valence-electron chi connectivity index (χ4n) is 1.68. The van der Waals surface area contributed by atoms with E-state index in [1.54, 1.807) is 0 Å². The Balaban J connectivity index is 2.58. The second-order valence-corrected chi connectivity index (χ2v) is 6.14. The van der Waals surface area contributed by atoms with E-state index in [0.29, 0.717) is 17.5 Å². The monoisotopic (exact) mass is 294 g/mol. The first-order valence-corrected chi connectivity index (χ1v) is 7.38. The molecule has 1 heterocycles. The zero-order chi connectivity index (χ0) is 14.5. The summed E-state index contributed by atoms with van der Waals surface area (Å²) in [7, 11) is 0. The summed E-state index contributed by atoms with van der Waals surface area (Å²) in [6.45, 7) is 7.82. The molecule has 0 aromatic carbocycles. The fourth-order valence-corrected chi connectivity index (χ4v) is 2.81. The van der Waals surface area contributed by atoms with Crippen molar-refractivity contribution in [2.75, 3.05) is 6.54 Å². The molecule has 0 spiro atoms. The number of hydrogen-bond donors (Lipinski definition) is 1. The van der Waals surface area contributed by atoms with Crippen LogP contribution in [0, 0.1) is 5.92 Å². The number of alkyl halides is 3. The smallest absolute Gasteiger partial charge is 0.312 e. The van der Waals surface area contributed by atoms with Crippen molar-refractivity contribution in [3.63, 3.8) is 0 Å². The summed E-state index contributed by atoms with van der Waals surface area (Å²) in [5.41, 5.74) is 0.929. The third-order valence-electron chi connectivity index (χ3n) is 2.62. The maximum Gasteiger partial charge on any atom is 0.389 e. The van der Waals surface area contributed by atoms with Crippen LogP contribution < -0.4 is 5.32 Å². The minimum Gasteiger partial charge on any atom is -0.312 e. The van der Waals surface area contributed by atoms with E-state index < -0.39 is 12.6 Å². The van der Waals surface area contributed by atoms with Crippen LogP contribution >= 0.6 is 11.3 Å². The molecule has 0 saturated heterocycles. The Morgan fingerprint density at radius 2 is 2.00 bits per heavy atom. The molecule has 1 N–H and O–H groups in total. The molecule has 0 bridgehead atoms. The lowest BCUT2D eigenvalue weighted by Crippen LogP contribution is -2.18. The molecule has 1 aromatic heterocycles. The van der Waals surface area contributed by atoms with Crippen LogP contribution in [0.5, 0.6) is 0 Å². The van der Waals surface area contributed by atoms with Crippen LogP contribution in [0.1, 0.15) is 42.8 Å². The summed E-state index contributed by atoms with van der Waals surface area (Å²) in [6, 6.07) is 0. The summed E-state index contributed by atoms with van der Waals surface area (Å²) < 4.78 is 36.6. The molecule has 0 unspecified atom stereocenters. The Morgan fingerprint density at radius 1 is 1.32 bits per heavy atom. The number of halogens is 3. The van der Waals surface area contributed by atoms with Gasteiger partial charge in [-0.15, -0.1) is 11.3 Å². The second-order valence-electron chi connectivity index (χ2n) is 4.97. The van der Waals surface area contributed by atoms with E-state index in [9.17, 15) is 13.2 Å². The highest BCUT2D eigenvalue weighted by Gasteiger charge is 2.27. The predicted molar refractivity (Wildman–Crippen MR) is 72.4 cm³/mol. The molecule has 0 atom stereocenters. The summed E-state index contributed by atoms with van der Waals surface area (Å²) >= 11 is 1.40. The third kappa shape index (κ3) is 6.38. The summed E-state index contributed by atoms with van der Waals surface area (Å²) in [4.78, 5) is 5.38. The van der Waals surface area contributed by atoms with Gasteiger partial charge in [-0.1, -0.05) is 20.8 Å². The van der Waals surface area contributed by atoms with Gasteiger partial charge in [0.25, 0.3) is 0 Å². The predicted octanol–water partition coefficient (Wildman–Crippen LogP) is 3.95. The number of hydrogen-bond acceptors (Lipinski definition) is 3. The first kappa shape index (κ1) is 16.4. The van der Waals surface area contributed by atoms with Crippen LogP contribution in [0.2, 0.25) is 0 Å². The molecular formula is C13H21F3N2S. The van der Waals surface area contributed by atoms with Gasteiger partial charge in [-0.25, -0.2) is 4.98 Å². The first-order valence-electron chi connectivity index (χ1n) is 6.56. The van der Waals surface area contributed by atoms with E-state index in [1.165, 1.54) is 11.3 Å². The lowest BCUT2D eigenvalue weighted by Gasteiger charge is -2.06. The van der Waals surface area contributed by atoms with Crippen LogP contribution in [0.25, 0.3) is 0 Å². The second kappa shape index (κ2) is 7.24. The Kier molecular flexibility index (Phi) is 6.26. The SMILES string of the molecule is CCc1nc(CCC(F)(F)F)sc1CNCC(C)C. The minimum atomic E-state index is -4.10. The van der Waals surface area contributed by atoms with Crippen LogP contribution in [0.3, 0.4) is 0 Å². The number of thiazole rings is 1. The minimum absolute atomic E-state index is 0.00858. The number of aryl methyl sites for hydroxylation is 2. The van der Waals surface area contributed by atoms with Crippen LogP contribution in [-0.4, -0.2) is 17.7 Å². The van der Waals surface area contributed by atoms with Crippen molar-refractivity contribution in [3.05, 3.63) is 15.6 Å². The van der Waals surface area contributed by atoms with Crippen molar-refractivity contribution in [2.24, 2.45) is 5.92 Å². The van der Waals surface area contributed by atoms with Gasteiger partial charge in [0.05, 0.1) is 10.7 Å². The zero-order valence-electron chi connectivity index (χ0n) is 11.6. The van der Waals surface area contributed by atoms with Gasteiger partial charge in [0, 0.05) is 24.3 Å². The lowest BCUT2D eigenvalue weighted by atomic mass is 10.2. The fraction of sp³-hybridized carbons (Fsp3) is 0.769. The highest BCUT2D eigenvalue weighted by Crippen LogP contribution is 2.26. The highest BCUT2D eigenvalue weighted by molar-refractivity contribution is 7.11. The van der Waals surface area contributed by atoms with E-state index in [0.717, 1.165) is 23.5 Å². The van der Waals surface area contributed by atoms with Gasteiger partial charge >= 0.3 is 6.18 Å². The lowest BCUT2D eigenvalue weighted by molar-refractivity contribution is -0.134. The molecule has 6 heteroatoms. The molecule has 0 saturated carbocycles. The number of nitrogens with one attached hydrogen (secondary N) is 1. The molecule has 19 heavy (non-hydrogen) atoms. The number of aromatic nitrogens is 1. The maximum atomic E-state index is 12.2. The summed E-state index contributed by atoms with van der Waals surface area (Å²) in [5.74, 6) is 0.558. The molecule has 1 rings (SSSR count). The van der Waals surface area contributed by atoms with E-state index in [2.05, 4.69) is 24.1 Å². The van der Waals surface area contributed by atoms with Crippen molar-refractivity contribution in [1.29, 1.82) is 0 Å². The molecule has 0 fully saturated rings. The molecule has 0 amide bonds. The van der Waals surface area contributed by atoms with Crippen molar-refractivity contribution in [3.8, 4) is 0 Å². The van der Waals surface area contributed by atoms with E-state index in [4.69, 9.17) is 0 Å². The largest absolute Gasteiger partial charge is 0.389 e. The van der Waals surface area contributed by atoms with Gasteiger partial charge in [0.1, 0.15) is 0 Å². The normalized spacial score (nSPS) is 12.4. The average Bonchev–Trinajstić information content (AvgIpc) is 2.68. The van der Waals surface area contributed by atoms with Crippen LogP contribution in [0.15, 0.2) is 0 Å². The van der Waals surface area contributed by atoms with Gasteiger partial charge in [0.15, 0.2) is 0 Å². The van der Waals surface area contributed by atoms with Gasteiger partial charge in [-0.05, 0) is 18.9 Å². The van der Waals surface area contributed by atoms with E-state index >= 15 is 0 Å². The molecule has 2 nitrogen and oxygen atoms in total. The standard InChI is InChI=1S/C13H21F3N2S/c1-4-10-11(8-17-7-9(2)3)19-12(18-10)5-6-13(14,15)16/h9,17H,4-8H2,1-3H3. The highest BCUT2D eigenvalue weighted by atomic mass is 32.1. The third-order valence-corrected chi connectivity index (χ3v) is 3.78. The first-order chi connectivity index (χ1) is 8.81.